The van der Waals surface area contributed by atoms with Crippen molar-refractivity contribution in [3.8, 4) is 11.5 Å². The molecule has 3 rings (SSSR count). The summed E-state index contributed by atoms with van der Waals surface area (Å²) in [5.74, 6) is 0.149. The largest absolute Gasteiger partial charge is 0.504 e. The van der Waals surface area contributed by atoms with Crippen LogP contribution in [0.15, 0.2) is 16.7 Å². The molecule has 0 unspecified atom stereocenters. The Morgan fingerprint density at radius 1 is 1.06 bits per heavy atom. The fourth-order valence-corrected chi connectivity index (χ4v) is 2.65. The number of benzene rings is 1. The number of fused-ring (bicyclic) bond motifs is 1. The summed E-state index contributed by atoms with van der Waals surface area (Å²) < 4.78 is 5.22. The van der Waals surface area contributed by atoms with Gasteiger partial charge in [-0.3, -0.25) is 0 Å². The van der Waals surface area contributed by atoms with Gasteiger partial charge in [-0.05, 0) is 18.9 Å². The van der Waals surface area contributed by atoms with Crippen LogP contribution < -0.4 is 0 Å². The fourth-order valence-electron chi connectivity index (χ4n) is 2.65. The van der Waals surface area contributed by atoms with Crippen LogP contribution >= 0.6 is 0 Å². The van der Waals surface area contributed by atoms with Crippen LogP contribution in [0.3, 0.4) is 0 Å². The molecule has 0 amide bonds. The van der Waals surface area contributed by atoms with E-state index in [1.165, 1.54) is 25.3 Å². The van der Waals surface area contributed by atoms with Crippen LogP contribution in [0.2, 0.25) is 0 Å². The molecule has 0 saturated heterocycles. The zero-order valence-corrected chi connectivity index (χ0v) is 9.52. The maximum absolute atomic E-state index is 9.54. The van der Waals surface area contributed by atoms with E-state index >= 15 is 0 Å². The first-order valence-electron chi connectivity index (χ1n) is 6.07. The molecule has 2 N–H and O–H groups in total. The van der Waals surface area contributed by atoms with Crippen molar-refractivity contribution in [2.24, 2.45) is 0 Å². The van der Waals surface area contributed by atoms with Crippen LogP contribution in [-0.2, 0) is 0 Å². The van der Waals surface area contributed by atoms with Crippen molar-refractivity contribution in [1.29, 1.82) is 0 Å². The van der Waals surface area contributed by atoms with Gasteiger partial charge in [0.05, 0.1) is 5.69 Å². The van der Waals surface area contributed by atoms with Gasteiger partial charge in [-0.15, -0.1) is 0 Å². The minimum absolute atomic E-state index is 0.113. The first kappa shape index (κ1) is 10.4. The third kappa shape index (κ3) is 1.73. The van der Waals surface area contributed by atoms with Crippen LogP contribution in [0.4, 0.5) is 0 Å². The van der Waals surface area contributed by atoms with Gasteiger partial charge >= 0.3 is 0 Å². The second-order valence-electron chi connectivity index (χ2n) is 4.74. The molecule has 1 saturated carbocycles. The molecule has 0 atom stereocenters. The van der Waals surface area contributed by atoms with E-state index in [-0.39, 0.29) is 11.5 Å². The Morgan fingerprint density at radius 3 is 2.53 bits per heavy atom. The lowest BCUT2D eigenvalue weighted by Crippen LogP contribution is -2.04. The fraction of sp³-hybridized carbons (Fsp3) is 0.462. The van der Waals surface area contributed by atoms with Crippen LogP contribution in [0.1, 0.15) is 43.7 Å². The summed E-state index contributed by atoms with van der Waals surface area (Å²) in [4.78, 5) is 0. The van der Waals surface area contributed by atoms with Gasteiger partial charge in [-0.25, -0.2) is 0 Å². The van der Waals surface area contributed by atoms with E-state index < -0.39 is 0 Å². The average molecular weight is 233 g/mol. The minimum atomic E-state index is -0.163. The van der Waals surface area contributed by atoms with Gasteiger partial charge < -0.3 is 14.7 Å². The van der Waals surface area contributed by atoms with E-state index in [0.717, 1.165) is 23.9 Å². The van der Waals surface area contributed by atoms with Gasteiger partial charge in [0.25, 0.3) is 0 Å². The van der Waals surface area contributed by atoms with E-state index in [9.17, 15) is 10.2 Å². The highest BCUT2D eigenvalue weighted by atomic mass is 16.5. The number of phenolic OH excluding ortho intramolecular Hbond substituents is 2. The molecule has 0 aliphatic heterocycles. The highest BCUT2D eigenvalue weighted by Gasteiger charge is 2.22. The summed E-state index contributed by atoms with van der Waals surface area (Å²) in [5, 5.41) is 23.9. The van der Waals surface area contributed by atoms with E-state index in [4.69, 9.17) is 4.52 Å². The van der Waals surface area contributed by atoms with E-state index in [1.54, 1.807) is 6.07 Å². The van der Waals surface area contributed by atoms with Gasteiger partial charge in [0.2, 0.25) is 0 Å². The van der Waals surface area contributed by atoms with Gasteiger partial charge in [-0.1, -0.05) is 24.4 Å². The molecule has 1 aromatic heterocycles. The van der Waals surface area contributed by atoms with Crippen molar-refractivity contribution < 1.29 is 14.7 Å². The first-order chi connectivity index (χ1) is 8.25. The van der Waals surface area contributed by atoms with Crippen molar-refractivity contribution in [2.45, 2.75) is 38.0 Å². The zero-order chi connectivity index (χ0) is 11.8. The van der Waals surface area contributed by atoms with Crippen LogP contribution in [0, 0.1) is 0 Å². The quantitative estimate of drug-likeness (QED) is 0.742. The summed E-state index contributed by atoms with van der Waals surface area (Å²) in [5.41, 5.74) is 1.47. The monoisotopic (exact) mass is 233 g/mol. The molecule has 4 nitrogen and oxygen atoms in total. The first-order valence-corrected chi connectivity index (χ1v) is 6.07. The van der Waals surface area contributed by atoms with Gasteiger partial charge in [-0.2, -0.15) is 0 Å². The maximum atomic E-state index is 9.54. The third-order valence-electron chi connectivity index (χ3n) is 3.59. The molecule has 17 heavy (non-hydrogen) atoms. The highest BCUT2D eigenvalue weighted by Crippen LogP contribution is 2.38. The summed E-state index contributed by atoms with van der Waals surface area (Å²) in [6.07, 6.45) is 6.00. The van der Waals surface area contributed by atoms with Crippen molar-refractivity contribution in [3.63, 3.8) is 0 Å². The normalized spacial score (nSPS) is 17.6. The Kier molecular flexibility index (Phi) is 2.42. The lowest BCUT2D eigenvalue weighted by atomic mass is 9.86. The Labute approximate surface area is 98.9 Å². The van der Waals surface area contributed by atoms with E-state index in [2.05, 4.69) is 5.16 Å². The summed E-state index contributed by atoms with van der Waals surface area (Å²) in [6.45, 7) is 0. The molecule has 0 spiro atoms. The Bertz CT molecular complexity index is 541. The smallest absolute Gasteiger partial charge is 0.171 e. The van der Waals surface area contributed by atoms with E-state index in [1.807, 2.05) is 0 Å². The molecule has 1 aliphatic carbocycles. The Hall–Kier alpha value is -1.71. The van der Waals surface area contributed by atoms with Crippen LogP contribution in [0.25, 0.3) is 11.0 Å². The summed E-state index contributed by atoms with van der Waals surface area (Å²) >= 11 is 0. The van der Waals surface area contributed by atoms with Gasteiger partial charge in [0.15, 0.2) is 17.1 Å². The second kappa shape index (κ2) is 3.95. The molecular formula is C13H15NO3. The molecule has 2 aromatic rings. The number of hydrogen-bond donors (Lipinski definition) is 2. The van der Waals surface area contributed by atoms with E-state index in [0.29, 0.717) is 11.5 Å². The lowest BCUT2D eigenvalue weighted by Gasteiger charge is -2.19. The molecule has 1 aliphatic rings. The van der Waals surface area contributed by atoms with Gasteiger partial charge in [0.1, 0.15) is 0 Å². The van der Waals surface area contributed by atoms with Crippen LogP contribution in [0.5, 0.6) is 11.5 Å². The number of aromatic hydroxyl groups is 2. The highest BCUT2D eigenvalue weighted by molar-refractivity contribution is 5.83. The zero-order valence-electron chi connectivity index (χ0n) is 9.52. The van der Waals surface area contributed by atoms with Crippen molar-refractivity contribution in [2.75, 3.05) is 0 Å². The minimum Gasteiger partial charge on any atom is -0.504 e. The number of aromatic nitrogens is 1. The molecule has 1 aromatic carbocycles. The SMILES string of the molecule is Oc1cc2onc(C3CCCCC3)c2cc1O. The number of rotatable bonds is 1. The lowest BCUT2D eigenvalue weighted by molar-refractivity contribution is 0.392. The number of nitrogens with zero attached hydrogens (tertiary/aromatic N) is 1. The standard InChI is InChI=1S/C13H15NO3/c15-10-6-9-12(7-11(10)16)17-14-13(9)8-4-2-1-3-5-8/h6-8,15-16H,1-5H2. The van der Waals surface area contributed by atoms with Crippen molar-refractivity contribution in [3.05, 3.63) is 17.8 Å². The topological polar surface area (TPSA) is 66.5 Å². The molecule has 1 heterocycles. The predicted octanol–water partition coefficient (Wildman–Crippen LogP) is 3.29. The Balaban J connectivity index is 2.07. The molecule has 0 radical (unpaired) electrons. The second-order valence-corrected chi connectivity index (χ2v) is 4.74. The molecule has 1 fully saturated rings. The predicted molar refractivity (Wildman–Crippen MR) is 63.2 cm³/mol. The molecule has 4 heteroatoms. The van der Waals surface area contributed by atoms with Crippen molar-refractivity contribution in [1.82, 2.24) is 5.16 Å². The summed E-state index contributed by atoms with van der Waals surface area (Å²) in [6, 6.07) is 2.97. The number of hydrogen-bond acceptors (Lipinski definition) is 4. The third-order valence-corrected chi connectivity index (χ3v) is 3.59. The number of phenols is 2. The van der Waals surface area contributed by atoms with Crippen molar-refractivity contribution >= 4 is 11.0 Å². The molecule has 0 bridgehead atoms. The van der Waals surface area contributed by atoms with Gasteiger partial charge in [0, 0.05) is 17.4 Å². The van der Waals surface area contributed by atoms with Crippen LogP contribution in [-0.4, -0.2) is 15.4 Å². The summed E-state index contributed by atoms with van der Waals surface area (Å²) in [7, 11) is 0. The average Bonchev–Trinajstić information content (AvgIpc) is 2.74. The maximum Gasteiger partial charge on any atom is 0.171 e. The Morgan fingerprint density at radius 2 is 1.76 bits per heavy atom. The molecule has 90 valence electrons. The molecular weight excluding hydrogens is 218 g/mol.